The quantitative estimate of drug-likeness (QED) is 0.743. The van der Waals surface area contributed by atoms with Crippen LogP contribution in [0.4, 0.5) is 0 Å². The maximum atomic E-state index is 6.65. The molecule has 6 heteroatoms. The average Bonchev–Trinajstić information content (AvgIpc) is 3.18. The zero-order valence-corrected chi connectivity index (χ0v) is 14.7. The van der Waals surface area contributed by atoms with Crippen LogP contribution in [-0.4, -0.2) is 25.7 Å². The molecule has 4 fully saturated rings. The van der Waals surface area contributed by atoms with Gasteiger partial charge < -0.3 is 12.3 Å². The van der Waals surface area contributed by atoms with E-state index in [4.69, 9.17) is 12.3 Å². The number of hydrogen-bond acceptors (Lipinski definition) is 3. The maximum Gasteiger partial charge on any atom is 0.320 e. The molecule has 1 saturated heterocycles. The van der Waals surface area contributed by atoms with E-state index in [9.17, 15) is 0 Å². The summed E-state index contributed by atoms with van der Waals surface area (Å²) in [6.07, 6.45) is 8.04. The van der Waals surface area contributed by atoms with E-state index in [0.717, 1.165) is 16.6 Å². The summed E-state index contributed by atoms with van der Waals surface area (Å²) in [6.45, 7) is 7.03. The van der Waals surface area contributed by atoms with Gasteiger partial charge in [-0.25, -0.2) is 0 Å². The largest absolute Gasteiger partial charge is 0.415 e. The van der Waals surface area contributed by atoms with E-state index < -0.39 is 25.7 Å². The molecule has 0 aromatic carbocycles. The van der Waals surface area contributed by atoms with Crippen molar-refractivity contribution >= 4 is 25.7 Å². The van der Waals surface area contributed by atoms with Gasteiger partial charge in [0.05, 0.1) is 0 Å². The van der Waals surface area contributed by atoms with E-state index in [1.807, 2.05) is 0 Å². The Morgan fingerprint density at radius 1 is 0.556 bits per heavy atom. The molecule has 102 valence electrons. The molecule has 1 heterocycles. The SMILES string of the molecule is C[Si]1(C2CC2)O[Si](C)(C2CC2)O[Si](C)(C2CC2)O1. The van der Waals surface area contributed by atoms with Crippen LogP contribution in [-0.2, 0) is 12.3 Å². The Kier molecular flexibility index (Phi) is 2.45. The normalized spacial score (nSPS) is 53.5. The average molecular weight is 301 g/mol. The number of rotatable bonds is 3. The highest BCUT2D eigenvalue weighted by Crippen LogP contribution is 2.59. The minimum absolute atomic E-state index is 0.776. The molecular weight excluding hydrogens is 276 g/mol. The maximum absolute atomic E-state index is 6.65. The second-order valence-electron chi connectivity index (χ2n) is 7.18. The Hall–Kier alpha value is 0.531. The Labute approximate surface area is 113 Å². The molecule has 3 nitrogen and oxygen atoms in total. The standard InChI is InChI=1S/C12H24O3Si3/c1-16(10-4-5-10)13-17(2,11-6-7-11)15-18(3,14-16)12-8-9-12/h10-12H,4-9H2,1-3H3. The van der Waals surface area contributed by atoms with Gasteiger partial charge in [0.1, 0.15) is 0 Å². The molecule has 4 aliphatic rings. The summed E-state index contributed by atoms with van der Waals surface area (Å²) >= 11 is 0. The highest BCUT2D eigenvalue weighted by atomic mass is 28.5. The molecule has 3 aliphatic carbocycles. The topological polar surface area (TPSA) is 27.7 Å². The van der Waals surface area contributed by atoms with Crippen molar-refractivity contribution in [1.82, 2.24) is 0 Å². The van der Waals surface area contributed by atoms with Crippen molar-refractivity contribution < 1.29 is 12.3 Å². The summed E-state index contributed by atoms with van der Waals surface area (Å²) < 4.78 is 20.0. The summed E-state index contributed by atoms with van der Waals surface area (Å²) in [6, 6.07) is 0. The van der Waals surface area contributed by atoms with Crippen LogP contribution < -0.4 is 0 Å². The molecule has 0 unspecified atom stereocenters. The zero-order valence-electron chi connectivity index (χ0n) is 11.7. The lowest BCUT2D eigenvalue weighted by Gasteiger charge is -2.51. The Morgan fingerprint density at radius 2 is 0.778 bits per heavy atom. The molecule has 18 heavy (non-hydrogen) atoms. The van der Waals surface area contributed by atoms with Crippen molar-refractivity contribution in [2.45, 2.75) is 74.8 Å². The monoisotopic (exact) mass is 300 g/mol. The first-order valence-corrected chi connectivity index (χ1v) is 14.7. The molecule has 4 rings (SSSR count). The van der Waals surface area contributed by atoms with Crippen LogP contribution in [0.1, 0.15) is 38.5 Å². The molecule has 0 bridgehead atoms. The van der Waals surface area contributed by atoms with Crippen LogP contribution in [0.15, 0.2) is 0 Å². The molecule has 0 amide bonds. The molecule has 0 spiro atoms. The van der Waals surface area contributed by atoms with Crippen LogP contribution in [0.3, 0.4) is 0 Å². The van der Waals surface area contributed by atoms with Crippen molar-refractivity contribution in [3.05, 3.63) is 0 Å². The summed E-state index contributed by atoms with van der Waals surface area (Å²) in [4.78, 5) is 0. The Balaban J connectivity index is 1.66. The summed E-state index contributed by atoms with van der Waals surface area (Å²) in [7, 11) is -5.76. The molecule has 0 atom stereocenters. The smallest absolute Gasteiger partial charge is 0.320 e. The van der Waals surface area contributed by atoms with Gasteiger partial charge in [0.2, 0.25) is 0 Å². The number of hydrogen-bond donors (Lipinski definition) is 0. The van der Waals surface area contributed by atoms with E-state index >= 15 is 0 Å². The first-order valence-electron chi connectivity index (χ1n) is 7.54. The van der Waals surface area contributed by atoms with Crippen LogP contribution in [0.25, 0.3) is 0 Å². The fraction of sp³-hybridized carbons (Fsp3) is 1.00. The van der Waals surface area contributed by atoms with Gasteiger partial charge in [-0.15, -0.1) is 0 Å². The van der Waals surface area contributed by atoms with Crippen molar-refractivity contribution in [3.8, 4) is 0 Å². The van der Waals surface area contributed by atoms with E-state index in [2.05, 4.69) is 19.6 Å². The summed E-state index contributed by atoms with van der Waals surface area (Å²) in [5.41, 5.74) is 2.33. The zero-order chi connectivity index (χ0) is 12.6. The first kappa shape index (κ1) is 12.3. The van der Waals surface area contributed by atoms with Crippen LogP contribution in [0.5, 0.6) is 0 Å². The minimum Gasteiger partial charge on any atom is -0.415 e. The van der Waals surface area contributed by atoms with Crippen molar-refractivity contribution in [2.75, 3.05) is 0 Å². The van der Waals surface area contributed by atoms with Gasteiger partial charge in [-0.3, -0.25) is 0 Å². The van der Waals surface area contributed by atoms with E-state index in [0.29, 0.717) is 0 Å². The first-order chi connectivity index (χ1) is 8.44. The molecule has 0 radical (unpaired) electrons. The minimum atomic E-state index is -1.92. The molecule has 0 aromatic rings. The third kappa shape index (κ3) is 1.92. The highest BCUT2D eigenvalue weighted by molar-refractivity contribution is 6.95. The lowest BCUT2D eigenvalue weighted by atomic mass is 11.0. The van der Waals surface area contributed by atoms with Gasteiger partial charge in [-0.1, -0.05) is 0 Å². The molecule has 0 aromatic heterocycles. The summed E-state index contributed by atoms with van der Waals surface area (Å²) in [5, 5.41) is 0. The van der Waals surface area contributed by atoms with Crippen molar-refractivity contribution in [1.29, 1.82) is 0 Å². The van der Waals surface area contributed by atoms with Crippen LogP contribution in [0, 0.1) is 0 Å². The van der Waals surface area contributed by atoms with Gasteiger partial charge >= 0.3 is 25.7 Å². The molecule has 3 saturated carbocycles. The van der Waals surface area contributed by atoms with Crippen molar-refractivity contribution in [3.63, 3.8) is 0 Å². The lowest BCUT2D eigenvalue weighted by Crippen LogP contribution is -2.68. The van der Waals surface area contributed by atoms with E-state index in [1.54, 1.807) is 0 Å². The highest BCUT2D eigenvalue weighted by Gasteiger charge is 2.67. The summed E-state index contributed by atoms with van der Waals surface area (Å²) in [5.74, 6) is 0. The Bertz CT molecular complexity index is 314. The Morgan fingerprint density at radius 3 is 0.944 bits per heavy atom. The predicted octanol–water partition coefficient (Wildman–Crippen LogP) is 3.76. The fourth-order valence-corrected chi connectivity index (χ4v) is 22.5. The van der Waals surface area contributed by atoms with Crippen LogP contribution in [0.2, 0.25) is 36.3 Å². The van der Waals surface area contributed by atoms with E-state index in [-0.39, 0.29) is 0 Å². The van der Waals surface area contributed by atoms with E-state index in [1.165, 1.54) is 38.5 Å². The van der Waals surface area contributed by atoms with Gasteiger partial charge in [0, 0.05) is 16.6 Å². The van der Waals surface area contributed by atoms with Gasteiger partial charge in [-0.2, -0.15) is 0 Å². The van der Waals surface area contributed by atoms with Crippen LogP contribution >= 0.6 is 0 Å². The van der Waals surface area contributed by atoms with Crippen molar-refractivity contribution in [2.24, 2.45) is 0 Å². The third-order valence-electron chi connectivity index (χ3n) is 5.17. The predicted molar refractivity (Wildman–Crippen MR) is 77.1 cm³/mol. The molecule has 1 aliphatic heterocycles. The second kappa shape index (κ2) is 3.59. The molecular formula is C12H24O3Si3. The second-order valence-corrected chi connectivity index (χ2v) is 18.2. The fourth-order valence-electron chi connectivity index (χ4n) is 3.59. The lowest BCUT2D eigenvalue weighted by molar-refractivity contribution is 0.218. The molecule has 0 N–H and O–H groups in total. The van der Waals surface area contributed by atoms with Gasteiger partial charge in [-0.05, 0) is 58.2 Å². The third-order valence-corrected chi connectivity index (χ3v) is 21.1. The van der Waals surface area contributed by atoms with Gasteiger partial charge in [0.15, 0.2) is 0 Å². The van der Waals surface area contributed by atoms with Gasteiger partial charge in [0.25, 0.3) is 0 Å².